The lowest BCUT2D eigenvalue weighted by molar-refractivity contribution is 0.690. The van der Waals surface area contributed by atoms with Crippen molar-refractivity contribution in [1.82, 2.24) is 10.3 Å². The molecule has 3 nitrogen and oxygen atoms in total. The van der Waals surface area contributed by atoms with E-state index >= 15 is 0 Å². The van der Waals surface area contributed by atoms with E-state index in [0.717, 1.165) is 18.7 Å². The Morgan fingerprint density at radius 2 is 2.06 bits per heavy atom. The lowest BCUT2D eigenvalue weighted by Crippen LogP contribution is -2.13. The summed E-state index contributed by atoms with van der Waals surface area (Å²) in [6.07, 6.45) is 1.67. The van der Waals surface area contributed by atoms with Crippen molar-refractivity contribution in [3.8, 4) is 6.07 Å². The van der Waals surface area contributed by atoms with Gasteiger partial charge in [-0.15, -0.1) is 0 Å². The molecule has 0 spiro atoms. The minimum Gasteiger partial charge on any atom is -0.309 e. The van der Waals surface area contributed by atoms with Gasteiger partial charge in [0, 0.05) is 19.3 Å². The van der Waals surface area contributed by atoms with Gasteiger partial charge in [-0.05, 0) is 35.7 Å². The molecule has 0 saturated heterocycles. The van der Waals surface area contributed by atoms with Gasteiger partial charge < -0.3 is 5.32 Å². The molecule has 1 aromatic heterocycles. The van der Waals surface area contributed by atoms with Crippen LogP contribution >= 0.6 is 0 Å². The largest absolute Gasteiger partial charge is 0.309 e. The van der Waals surface area contributed by atoms with Crippen molar-refractivity contribution >= 4 is 0 Å². The third-order valence-corrected chi connectivity index (χ3v) is 2.84. The summed E-state index contributed by atoms with van der Waals surface area (Å²) in [5, 5.41) is 12.1. The summed E-state index contributed by atoms with van der Waals surface area (Å²) in [4.78, 5) is 3.95. The molecule has 0 atom stereocenters. The predicted molar refractivity (Wildman–Crippen MR) is 70.7 cm³/mol. The van der Waals surface area contributed by atoms with Crippen molar-refractivity contribution in [2.45, 2.75) is 20.0 Å². The predicted octanol–water partition coefficient (Wildman–Crippen LogP) is 2.55. The van der Waals surface area contributed by atoms with Gasteiger partial charge in [0.1, 0.15) is 11.8 Å². The molecule has 2 aromatic rings. The average molecular weight is 237 g/mol. The molecule has 0 saturated carbocycles. The third-order valence-electron chi connectivity index (χ3n) is 2.84. The number of hydrogen-bond donors (Lipinski definition) is 1. The summed E-state index contributed by atoms with van der Waals surface area (Å²) in [5.74, 6) is 0. The topological polar surface area (TPSA) is 48.7 Å². The first-order valence-corrected chi connectivity index (χ1v) is 5.90. The minimum absolute atomic E-state index is 0.463. The second-order valence-corrected chi connectivity index (χ2v) is 4.19. The first-order valence-electron chi connectivity index (χ1n) is 5.90. The summed E-state index contributed by atoms with van der Waals surface area (Å²) in [6, 6.07) is 14.1. The number of benzene rings is 1. The lowest BCUT2D eigenvalue weighted by atomic mass is 10.1. The monoisotopic (exact) mass is 237 g/mol. The van der Waals surface area contributed by atoms with Crippen LogP contribution in [0.15, 0.2) is 42.6 Å². The first-order chi connectivity index (χ1) is 8.79. The van der Waals surface area contributed by atoms with Gasteiger partial charge in [-0.1, -0.05) is 24.3 Å². The van der Waals surface area contributed by atoms with E-state index in [0.29, 0.717) is 5.69 Å². The van der Waals surface area contributed by atoms with Gasteiger partial charge in [0.25, 0.3) is 0 Å². The standard InChI is InChI=1S/C15H15N3/c1-12-4-2-3-5-14(12)11-17-10-13-6-7-18-15(8-13)9-16/h2-8,17H,10-11H2,1H3. The number of hydrogen-bond acceptors (Lipinski definition) is 3. The van der Waals surface area contributed by atoms with Gasteiger partial charge in [0.05, 0.1) is 0 Å². The van der Waals surface area contributed by atoms with Crippen LogP contribution in [0.5, 0.6) is 0 Å². The van der Waals surface area contributed by atoms with Crippen LogP contribution in [0.1, 0.15) is 22.4 Å². The number of nitrogens with one attached hydrogen (secondary N) is 1. The van der Waals surface area contributed by atoms with Gasteiger partial charge in [-0.3, -0.25) is 0 Å². The van der Waals surface area contributed by atoms with Crippen molar-refractivity contribution in [2.75, 3.05) is 0 Å². The molecular formula is C15H15N3. The van der Waals surface area contributed by atoms with E-state index < -0.39 is 0 Å². The van der Waals surface area contributed by atoms with Crippen LogP contribution in [0.2, 0.25) is 0 Å². The highest BCUT2D eigenvalue weighted by Crippen LogP contribution is 2.07. The number of aromatic nitrogens is 1. The Morgan fingerprint density at radius 3 is 2.83 bits per heavy atom. The molecule has 2 rings (SSSR count). The number of aryl methyl sites for hydroxylation is 1. The number of nitrogens with zero attached hydrogens (tertiary/aromatic N) is 2. The van der Waals surface area contributed by atoms with Crippen LogP contribution in [0.3, 0.4) is 0 Å². The van der Waals surface area contributed by atoms with E-state index in [4.69, 9.17) is 5.26 Å². The zero-order chi connectivity index (χ0) is 12.8. The van der Waals surface area contributed by atoms with Crippen LogP contribution in [-0.4, -0.2) is 4.98 Å². The van der Waals surface area contributed by atoms with E-state index in [1.165, 1.54) is 11.1 Å². The zero-order valence-corrected chi connectivity index (χ0v) is 10.4. The lowest BCUT2D eigenvalue weighted by Gasteiger charge is -2.07. The van der Waals surface area contributed by atoms with Crippen molar-refractivity contribution in [2.24, 2.45) is 0 Å². The first kappa shape index (κ1) is 12.3. The molecule has 0 aliphatic carbocycles. The molecule has 18 heavy (non-hydrogen) atoms. The van der Waals surface area contributed by atoms with Crippen LogP contribution in [0, 0.1) is 18.3 Å². The summed E-state index contributed by atoms with van der Waals surface area (Å²) in [7, 11) is 0. The minimum atomic E-state index is 0.463. The molecule has 0 bridgehead atoms. The fourth-order valence-corrected chi connectivity index (χ4v) is 1.80. The Bertz CT molecular complexity index is 570. The number of nitriles is 1. The molecule has 0 aliphatic heterocycles. The Kier molecular flexibility index (Phi) is 4.06. The van der Waals surface area contributed by atoms with Gasteiger partial charge in [-0.25, -0.2) is 4.98 Å². The maximum Gasteiger partial charge on any atom is 0.140 e. The third kappa shape index (κ3) is 3.16. The molecule has 1 N–H and O–H groups in total. The van der Waals surface area contributed by atoms with E-state index in [1.807, 2.05) is 30.3 Å². The molecule has 0 radical (unpaired) electrons. The van der Waals surface area contributed by atoms with Gasteiger partial charge in [-0.2, -0.15) is 5.26 Å². The fourth-order valence-electron chi connectivity index (χ4n) is 1.80. The molecule has 1 heterocycles. The maximum absolute atomic E-state index is 8.77. The molecule has 0 unspecified atom stereocenters. The Balaban J connectivity index is 1.93. The normalized spacial score (nSPS) is 10.0. The molecule has 0 aliphatic rings. The van der Waals surface area contributed by atoms with Gasteiger partial charge >= 0.3 is 0 Å². The van der Waals surface area contributed by atoms with E-state index in [2.05, 4.69) is 29.4 Å². The Labute approximate surface area is 107 Å². The van der Waals surface area contributed by atoms with E-state index in [-0.39, 0.29) is 0 Å². The van der Waals surface area contributed by atoms with Crippen LogP contribution < -0.4 is 5.32 Å². The second-order valence-electron chi connectivity index (χ2n) is 4.19. The molecule has 3 heteroatoms. The highest BCUT2D eigenvalue weighted by Gasteiger charge is 1.98. The summed E-state index contributed by atoms with van der Waals surface area (Å²) in [6.45, 7) is 3.68. The Morgan fingerprint density at radius 1 is 1.22 bits per heavy atom. The maximum atomic E-state index is 8.77. The summed E-state index contributed by atoms with van der Waals surface area (Å²) < 4.78 is 0. The van der Waals surface area contributed by atoms with Crippen LogP contribution in [0.25, 0.3) is 0 Å². The fraction of sp³-hybridized carbons (Fsp3) is 0.200. The van der Waals surface area contributed by atoms with Gasteiger partial charge in [0.15, 0.2) is 0 Å². The van der Waals surface area contributed by atoms with Crippen molar-refractivity contribution in [3.05, 3.63) is 65.0 Å². The van der Waals surface area contributed by atoms with E-state index in [1.54, 1.807) is 6.20 Å². The quantitative estimate of drug-likeness (QED) is 0.889. The molecule has 90 valence electrons. The smallest absolute Gasteiger partial charge is 0.140 e. The number of pyridine rings is 1. The second kappa shape index (κ2) is 5.95. The van der Waals surface area contributed by atoms with Crippen LogP contribution in [0.4, 0.5) is 0 Å². The Hall–Kier alpha value is -2.18. The average Bonchev–Trinajstić information content (AvgIpc) is 2.41. The molecular weight excluding hydrogens is 222 g/mol. The zero-order valence-electron chi connectivity index (χ0n) is 10.4. The highest BCUT2D eigenvalue weighted by molar-refractivity contribution is 5.27. The SMILES string of the molecule is Cc1ccccc1CNCc1ccnc(C#N)c1. The highest BCUT2D eigenvalue weighted by atomic mass is 14.8. The summed E-state index contributed by atoms with van der Waals surface area (Å²) >= 11 is 0. The van der Waals surface area contributed by atoms with Gasteiger partial charge in [0.2, 0.25) is 0 Å². The van der Waals surface area contributed by atoms with Crippen LogP contribution in [-0.2, 0) is 13.1 Å². The molecule has 0 fully saturated rings. The van der Waals surface area contributed by atoms with Crippen molar-refractivity contribution in [3.63, 3.8) is 0 Å². The molecule has 0 amide bonds. The molecule has 1 aromatic carbocycles. The summed E-state index contributed by atoms with van der Waals surface area (Å²) in [5.41, 5.74) is 4.13. The van der Waals surface area contributed by atoms with Crippen molar-refractivity contribution < 1.29 is 0 Å². The van der Waals surface area contributed by atoms with Crippen molar-refractivity contribution in [1.29, 1.82) is 5.26 Å². The number of rotatable bonds is 4. The van der Waals surface area contributed by atoms with E-state index in [9.17, 15) is 0 Å².